The van der Waals surface area contributed by atoms with E-state index in [0.717, 1.165) is 32.1 Å². The van der Waals surface area contributed by atoms with Crippen molar-refractivity contribution in [3.05, 3.63) is 11.6 Å². The molecule has 0 aliphatic heterocycles. The number of allylic oxidation sites excluding steroid dienone is 1. The zero-order chi connectivity index (χ0) is 19.8. The van der Waals surface area contributed by atoms with E-state index in [-0.39, 0.29) is 51.8 Å². The highest BCUT2D eigenvalue weighted by atomic mass is 79.9. The number of fused-ring (bicyclic) bond motifs is 5. The number of halogens is 1. The molecule has 0 unspecified atom stereocenters. The van der Waals surface area contributed by atoms with Crippen molar-refractivity contribution in [1.29, 1.82) is 0 Å². The number of aliphatic hydroxyl groups is 2. The van der Waals surface area contributed by atoms with Crippen LogP contribution in [0.4, 0.5) is 0 Å². The van der Waals surface area contributed by atoms with Gasteiger partial charge in [-0.15, -0.1) is 0 Å². The number of rotatable bonds is 3. The van der Waals surface area contributed by atoms with Crippen molar-refractivity contribution in [2.45, 2.75) is 76.8 Å². The monoisotopic (exact) mass is 440 g/mol. The molecule has 0 aromatic carbocycles. The standard InChI is InChI=1S/C22H33BrO4/c1-12(25)27-17-10-22(4)14-5-6-20(2,19(23)11-24)8-13(14)16(26)7-18(22)21(3)9-15(17)21/h5,13,15-19,24,26H,6-11H2,1-4H3/t13-,15+,16-,17-,18-,19-,20+,21+,22+/m1/s1. The molecule has 0 radical (unpaired) electrons. The molecule has 27 heavy (non-hydrogen) atoms. The third kappa shape index (κ3) is 2.86. The Hall–Kier alpha value is -0.390. The molecule has 9 atom stereocenters. The van der Waals surface area contributed by atoms with Gasteiger partial charge in [0, 0.05) is 23.6 Å². The maximum atomic E-state index is 11.7. The topological polar surface area (TPSA) is 66.8 Å². The molecule has 5 heteroatoms. The zero-order valence-corrected chi connectivity index (χ0v) is 18.5. The molecule has 3 fully saturated rings. The van der Waals surface area contributed by atoms with Gasteiger partial charge >= 0.3 is 5.97 Å². The van der Waals surface area contributed by atoms with Gasteiger partial charge in [-0.3, -0.25) is 4.79 Å². The number of carbonyl (C=O) groups excluding carboxylic acids is 1. The molecule has 0 aromatic rings. The minimum atomic E-state index is -0.323. The number of alkyl halides is 1. The minimum absolute atomic E-state index is 0.000202. The molecule has 0 amide bonds. The fraction of sp³-hybridized carbons (Fsp3) is 0.864. The van der Waals surface area contributed by atoms with Crippen LogP contribution in [0.15, 0.2) is 11.6 Å². The van der Waals surface area contributed by atoms with E-state index in [4.69, 9.17) is 4.74 Å². The lowest BCUT2D eigenvalue weighted by atomic mass is 9.48. The quantitative estimate of drug-likeness (QED) is 0.397. The molecule has 152 valence electrons. The van der Waals surface area contributed by atoms with Crippen LogP contribution < -0.4 is 0 Å². The van der Waals surface area contributed by atoms with Crippen LogP contribution in [0.1, 0.15) is 59.8 Å². The molecule has 4 aliphatic carbocycles. The first-order valence-corrected chi connectivity index (χ1v) is 11.3. The van der Waals surface area contributed by atoms with Crippen molar-refractivity contribution in [3.8, 4) is 0 Å². The normalized spacial score (nSPS) is 52.0. The van der Waals surface area contributed by atoms with Gasteiger partial charge in [0.1, 0.15) is 6.10 Å². The van der Waals surface area contributed by atoms with Crippen LogP contribution >= 0.6 is 15.9 Å². The second-order valence-electron chi connectivity index (χ2n) is 10.4. The Morgan fingerprint density at radius 2 is 2.04 bits per heavy atom. The average molecular weight is 441 g/mol. The molecule has 4 rings (SSSR count). The summed E-state index contributed by atoms with van der Waals surface area (Å²) >= 11 is 3.66. The zero-order valence-electron chi connectivity index (χ0n) is 16.9. The SMILES string of the molecule is CC(=O)O[C@@H]1C[C@@]2(C)C3=CC[C@](C)([C@H](Br)CO)C[C@H]3[C@H](O)C[C@@H]2[C@@]2(C)C[C@@H]12. The van der Waals surface area contributed by atoms with E-state index >= 15 is 0 Å². The second kappa shape index (κ2) is 6.30. The third-order valence-corrected chi connectivity index (χ3v) is 10.1. The Morgan fingerprint density at radius 3 is 2.67 bits per heavy atom. The second-order valence-corrected chi connectivity index (χ2v) is 11.5. The fourth-order valence-corrected chi connectivity index (χ4v) is 7.43. The highest BCUT2D eigenvalue weighted by Gasteiger charge is 2.70. The van der Waals surface area contributed by atoms with Crippen LogP contribution in [-0.4, -0.2) is 39.8 Å². The summed E-state index contributed by atoms with van der Waals surface area (Å²) in [5, 5.41) is 20.8. The van der Waals surface area contributed by atoms with E-state index in [0.29, 0.717) is 11.8 Å². The van der Waals surface area contributed by atoms with Gasteiger partial charge < -0.3 is 14.9 Å². The Morgan fingerprint density at radius 1 is 1.33 bits per heavy atom. The van der Waals surface area contributed by atoms with Crippen molar-refractivity contribution in [2.75, 3.05) is 6.61 Å². The predicted octanol–water partition coefficient (Wildman–Crippen LogP) is 3.83. The Kier molecular flexibility index (Phi) is 4.65. The first-order valence-electron chi connectivity index (χ1n) is 10.4. The summed E-state index contributed by atoms with van der Waals surface area (Å²) in [5.41, 5.74) is 1.48. The number of esters is 1. The van der Waals surface area contributed by atoms with Crippen LogP contribution in [0.2, 0.25) is 0 Å². The lowest BCUT2D eigenvalue weighted by molar-refractivity contribution is -0.156. The number of ether oxygens (including phenoxy) is 1. The molecule has 0 spiro atoms. The maximum Gasteiger partial charge on any atom is 0.302 e. The van der Waals surface area contributed by atoms with Gasteiger partial charge in [-0.1, -0.05) is 48.4 Å². The molecule has 4 nitrogen and oxygen atoms in total. The minimum Gasteiger partial charge on any atom is -0.462 e. The Labute approximate surface area is 170 Å². The number of hydrogen-bond acceptors (Lipinski definition) is 4. The first kappa shape index (κ1) is 19.9. The molecule has 3 saturated carbocycles. The van der Waals surface area contributed by atoms with E-state index in [1.807, 2.05) is 0 Å². The van der Waals surface area contributed by atoms with Crippen LogP contribution in [-0.2, 0) is 9.53 Å². The van der Waals surface area contributed by atoms with Crippen LogP contribution in [0, 0.1) is 34.0 Å². The van der Waals surface area contributed by atoms with Gasteiger partial charge in [0.15, 0.2) is 0 Å². The average Bonchev–Trinajstić information content (AvgIpc) is 3.29. The molecule has 0 heterocycles. The van der Waals surface area contributed by atoms with E-state index in [9.17, 15) is 15.0 Å². The highest BCUT2D eigenvalue weighted by molar-refractivity contribution is 9.09. The van der Waals surface area contributed by atoms with Crippen LogP contribution in [0.25, 0.3) is 0 Å². The van der Waals surface area contributed by atoms with Crippen molar-refractivity contribution in [1.82, 2.24) is 0 Å². The first-order chi connectivity index (χ1) is 12.5. The van der Waals surface area contributed by atoms with E-state index in [1.54, 1.807) is 0 Å². The number of carbonyl (C=O) groups is 1. The molecular formula is C22H33BrO4. The molecule has 4 aliphatic rings. The fourth-order valence-electron chi connectivity index (χ4n) is 7.06. The van der Waals surface area contributed by atoms with Gasteiger partial charge in [-0.25, -0.2) is 0 Å². The molecule has 0 saturated heterocycles. The summed E-state index contributed by atoms with van der Waals surface area (Å²) in [5.74, 6) is 0.840. The van der Waals surface area contributed by atoms with Gasteiger partial charge in [-0.05, 0) is 54.3 Å². The van der Waals surface area contributed by atoms with Crippen molar-refractivity contribution < 1.29 is 19.7 Å². The van der Waals surface area contributed by atoms with E-state index in [1.165, 1.54) is 12.5 Å². The van der Waals surface area contributed by atoms with Gasteiger partial charge in [0.25, 0.3) is 0 Å². The van der Waals surface area contributed by atoms with E-state index in [2.05, 4.69) is 42.8 Å². The Balaban J connectivity index is 1.69. The summed E-state index contributed by atoms with van der Waals surface area (Å²) in [4.78, 5) is 11.7. The van der Waals surface area contributed by atoms with Crippen LogP contribution in [0.5, 0.6) is 0 Å². The van der Waals surface area contributed by atoms with Gasteiger partial charge in [0.05, 0.1) is 12.7 Å². The van der Waals surface area contributed by atoms with Gasteiger partial charge in [0.2, 0.25) is 0 Å². The number of hydrogen-bond donors (Lipinski definition) is 2. The number of aliphatic hydroxyl groups excluding tert-OH is 2. The molecular weight excluding hydrogens is 408 g/mol. The third-order valence-electron chi connectivity index (χ3n) is 8.69. The van der Waals surface area contributed by atoms with Gasteiger partial charge in [-0.2, -0.15) is 0 Å². The summed E-state index contributed by atoms with van der Waals surface area (Å²) in [6, 6.07) is 0. The van der Waals surface area contributed by atoms with Crippen molar-refractivity contribution >= 4 is 21.9 Å². The van der Waals surface area contributed by atoms with Crippen molar-refractivity contribution in [2.24, 2.45) is 34.0 Å². The lowest BCUT2D eigenvalue weighted by Gasteiger charge is -2.58. The molecule has 0 aromatic heterocycles. The molecule has 2 N–H and O–H groups in total. The summed E-state index contributed by atoms with van der Waals surface area (Å²) in [7, 11) is 0. The Bertz CT molecular complexity index is 677. The van der Waals surface area contributed by atoms with E-state index < -0.39 is 0 Å². The lowest BCUT2D eigenvalue weighted by Crippen LogP contribution is -2.54. The van der Waals surface area contributed by atoms with Crippen LogP contribution in [0.3, 0.4) is 0 Å². The molecule has 0 bridgehead atoms. The highest BCUT2D eigenvalue weighted by Crippen LogP contribution is 2.74. The summed E-state index contributed by atoms with van der Waals surface area (Å²) < 4.78 is 5.76. The summed E-state index contributed by atoms with van der Waals surface area (Å²) in [6.45, 7) is 8.50. The maximum absolute atomic E-state index is 11.7. The predicted molar refractivity (Wildman–Crippen MR) is 107 cm³/mol. The van der Waals surface area contributed by atoms with Crippen molar-refractivity contribution in [3.63, 3.8) is 0 Å². The smallest absolute Gasteiger partial charge is 0.302 e. The summed E-state index contributed by atoms with van der Waals surface area (Å²) in [6.07, 6.45) is 6.63. The largest absolute Gasteiger partial charge is 0.462 e.